The normalized spacial score (nSPS) is 15.8. The van der Waals surface area contributed by atoms with Gasteiger partial charge in [0.2, 0.25) is 0 Å². The topological polar surface area (TPSA) is 111 Å². The van der Waals surface area contributed by atoms with Crippen LogP contribution in [0.15, 0.2) is 24.3 Å². The molecule has 8 nitrogen and oxygen atoms in total. The Kier molecular flexibility index (Phi) is 9.34. The molecule has 2 N–H and O–H groups in total. The van der Waals surface area contributed by atoms with E-state index in [1.165, 1.54) is 12.1 Å². The van der Waals surface area contributed by atoms with Crippen molar-refractivity contribution >= 4 is 5.69 Å². The van der Waals surface area contributed by atoms with Gasteiger partial charge in [0.25, 0.3) is 5.69 Å². The summed E-state index contributed by atoms with van der Waals surface area (Å²) < 4.78 is 15.7. The summed E-state index contributed by atoms with van der Waals surface area (Å²) in [5.74, 6) is 0. The van der Waals surface area contributed by atoms with E-state index in [1.54, 1.807) is 19.1 Å². The Morgan fingerprint density at radius 3 is 2.43 bits per heavy atom. The molecule has 0 spiro atoms. The van der Waals surface area contributed by atoms with Crippen LogP contribution < -0.4 is 0 Å². The lowest BCUT2D eigenvalue weighted by atomic mass is 10.1. The van der Waals surface area contributed by atoms with Crippen molar-refractivity contribution in [2.45, 2.75) is 25.7 Å². The highest BCUT2D eigenvalue weighted by Gasteiger charge is 2.16. The monoisotopic (exact) mass is 329 g/mol. The highest BCUT2D eigenvalue weighted by Crippen LogP contribution is 2.13. The zero-order valence-corrected chi connectivity index (χ0v) is 13.1. The second-order valence-electron chi connectivity index (χ2n) is 4.81. The number of ether oxygens (including phenoxy) is 3. The van der Waals surface area contributed by atoms with E-state index in [1.807, 2.05) is 0 Å². The summed E-state index contributed by atoms with van der Waals surface area (Å²) >= 11 is 0. The van der Waals surface area contributed by atoms with Gasteiger partial charge in [0, 0.05) is 25.2 Å². The molecule has 1 aliphatic heterocycles. The molecule has 1 aliphatic rings. The first-order valence-electron chi connectivity index (χ1n) is 7.40. The van der Waals surface area contributed by atoms with Crippen LogP contribution in [0.1, 0.15) is 12.5 Å². The first-order valence-corrected chi connectivity index (χ1v) is 7.40. The molecule has 1 fully saturated rings. The molecule has 0 saturated carbocycles. The number of non-ortho nitro benzene ring substituents is 1. The van der Waals surface area contributed by atoms with E-state index in [-0.39, 0.29) is 31.8 Å². The summed E-state index contributed by atoms with van der Waals surface area (Å²) in [5.41, 5.74) is 0.857. The smallest absolute Gasteiger partial charge is 0.269 e. The van der Waals surface area contributed by atoms with Crippen LogP contribution in [-0.4, -0.2) is 60.6 Å². The maximum Gasteiger partial charge on any atom is 0.269 e. The second kappa shape index (κ2) is 11.0. The van der Waals surface area contributed by atoms with Gasteiger partial charge in [0.15, 0.2) is 6.29 Å². The van der Waals surface area contributed by atoms with Gasteiger partial charge in [-0.3, -0.25) is 10.1 Å². The SMILES string of the molecule is CCO.O=[N+]([O-])c1ccc(CC(O)COCC2OCCO2)cc1. The van der Waals surface area contributed by atoms with Crippen molar-refractivity contribution in [1.29, 1.82) is 0 Å². The van der Waals surface area contributed by atoms with Gasteiger partial charge in [-0.05, 0) is 12.5 Å². The minimum atomic E-state index is -0.669. The van der Waals surface area contributed by atoms with Crippen LogP contribution in [0.25, 0.3) is 0 Å². The van der Waals surface area contributed by atoms with E-state index in [2.05, 4.69) is 0 Å². The van der Waals surface area contributed by atoms with E-state index in [0.29, 0.717) is 19.6 Å². The molecule has 130 valence electrons. The number of nitro benzene ring substituents is 1. The van der Waals surface area contributed by atoms with Crippen LogP contribution in [0.4, 0.5) is 5.69 Å². The largest absolute Gasteiger partial charge is 0.397 e. The second-order valence-corrected chi connectivity index (χ2v) is 4.81. The predicted octanol–water partition coefficient (Wildman–Crippen LogP) is 0.886. The zero-order valence-electron chi connectivity index (χ0n) is 13.1. The number of rotatable bonds is 7. The maximum absolute atomic E-state index is 10.5. The van der Waals surface area contributed by atoms with Crippen LogP contribution in [0.3, 0.4) is 0 Å². The fraction of sp³-hybridized carbons (Fsp3) is 0.600. The molecule has 1 unspecified atom stereocenters. The molecular formula is C15H23NO7. The summed E-state index contributed by atoms with van der Waals surface area (Å²) in [6, 6.07) is 6.10. The molecule has 1 saturated heterocycles. The fourth-order valence-corrected chi connectivity index (χ4v) is 1.89. The van der Waals surface area contributed by atoms with Crippen LogP contribution >= 0.6 is 0 Å². The van der Waals surface area contributed by atoms with E-state index in [4.69, 9.17) is 19.3 Å². The van der Waals surface area contributed by atoms with Gasteiger partial charge in [-0.15, -0.1) is 0 Å². The number of nitrogens with zero attached hydrogens (tertiary/aromatic N) is 1. The quantitative estimate of drug-likeness (QED) is 0.564. The number of hydrogen-bond donors (Lipinski definition) is 2. The maximum atomic E-state index is 10.5. The Labute approximate surface area is 134 Å². The lowest BCUT2D eigenvalue weighted by Gasteiger charge is -2.13. The minimum absolute atomic E-state index is 0.0371. The fourth-order valence-electron chi connectivity index (χ4n) is 1.89. The molecule has 0 bridgehead atoms. The van der Waals surface area contributed by atoms with Gasteiger partial charge < -0.3 is 24.4 Å². The van der Waals surface area contributed by atoms with Crippen LogP contribution in [0.5, 0.6) is 0 Å². The summed E-state index contributed by atoms with van der Waals surface area (Å²) in [6.45, 7) is 3.52. The van der Waals surface area contributed by atoms with Gasteiger partial charge >= 0.3 is 0 Å². The first kappa shape index (κ1) is 19.5. The molecule has 0 amide bonds. The van der Waals surface area contributed by atoms with Crippen molar-refractivity contribution < 1.29 is 29.3 Å². The highest BCUT2D eigenvalue weighted by molar-refractivity contribution is 5.33. The number of nitro groups is 1. The van der Waals surface area contributed by atoms with E-state index >= 15 is 0 Å². The zero-order chi connectivity index (χ0) is 17.1. The van der Waals surface area contributed by atoms with Gasteiger partial charge in [-0.25, -0.2) is 0 Å². The number of benzene rings is 1. The summed E-state index contributed by atoms with van der Waals surface area (Å²) in [7, 11) is 0. The third kappa shape index (κ3) is 8.00. The first-order chi connectivity index (χ1) is 11.1. The molecule has 2 rings (SSSR count). The third-order valence-corrected chi connectivity index (χ3v) is 2.87. The van der Waals surface area contributed by atoms with Crippen molar-refractivity contribution in [3.05, 3.63) is 39.9 Å². The van der Waals surface area contributed by atoms with Crippen molar-refractivity contribution in [3.8, 4) is 0 Å². The van der Waals surface area contributed by atoms with Gasteiger partial charge in [-0.2, -0.15) is 0 Å². The van der Waals surface area contributed by atoms with Crippen LogP contribution in [0, 0.1) is 10.1 Å². The molecule has 1 atom stereocenters. The van der Waals surface area contributed by atoms with Crippen molar-refractivity contribution in [3.63, 3.8) is 0 Å². The van der Waals surface area contributed by atoms with E-state index in [9.17, 15) is 15.2 Å². The van der Waals surface area contributed by atoms with Crippen molar-refractivity contribution in [2.75, 3.05) is 33.0 Å². The lowest BCUT2D eigenvalue weighted by Crippen LogP contribution is -2.23. The van der Waals surface area contributed by atoms with Crippen LogP contribution in [0.2, 0.25) is 0 Å². The Bertz CT molecular complexity index is 446. The van der Waals surface area contributed by atoms with Crippen molar-refractivity contribution in [1.82, 2.24) is 0 Å². The molecule has 1 aromatic carbocycles. The van der Waals surface area contributed by atoms with Crippen molar-refractivity contribution in [2.24, 2.45) is 0 Å². The summed E-state index contributed by atoms with van der Waals surface area (Å²) in [6.07, 6.45) is -0.635. The van der Waals surface area contributed by atoms with Crippen LogP contribution in [-0.2, 0) is 20.6 Å². The minimum Gasteiger partial charge on any atom is -0.397 e. The van der Waals surface area contributed by atoms with Gasteiger partial charge in [-0.1, -0.05) is 12.1 Å². The number of hydrogen-bond acceptors (Lipinski definition) is 7. The molecule has 0 aromatic heterocycles. The average molecular weight is 329 g/mol. The molecule has 1 aromatic rings. The molecule has 8 heteroatoms. The Balaban J connectivity index is 0.000000816. The molecule has 23 heavy (non-hydrogen) atoms. The Morgan fingerprint density at radius 1 is 1.35 bits per heavy atom. The summed E-state index contributed by atoms with van der Waals surface area (Å²) in [5, 5.41) is 27.9. The highest BCUT2D eigenvalue weighted by atomic mass is 16.7. The van der Waals surface area contributed by atoms with E-state index < -0.39 is 11.0 Å². The van der Waals surface area contributed by atoms with Gasteiger partial charge in [0.05, 0.1) is 37.5 Å². The number of aliphatic hydroxyl groups is 2. The molecule has 1 heterocycles. The Morgan fingerprint density at radius 2 is 1.91 bits per heavy atom. The average Bonchev–Trinajstić information content (AvgIpc) is 3.02. The molecule has 0 radical (unpaired) electrons. The lowest BCUT2D eigenvalue weighted by molar-refractivity contribution is -0.384. The Hall–Kier alpha value is -1.58. The number of aliphatic hydroxyl groups excluding tert-OH is 2. The standard InChI is InChI=1S/C13H17NO6.C2H6O/c15-12(8-18-9-13-19-5-6-20-13)7-10-1-3-11(4-2-10)14(16)17;1-2-3/h1-4,12-13,15H,5-9H2;3H,2H2,1H3. The molecule has 0 aliphatic carbocycles. The van der Waals surface area contributed by atoms with E-state index in [0.717, 1.165) is 5.56 Å². The third-order valence-electron chi connectivity index (χ3n) is 2.87. The predicted molar refractivity (Wildman–Crippen MR) is 82.1 cm³/mol. The summed E-state index contributed by atoms with van der Waals surface area (Å²) in [4.78, 5) is 10.1. The molecular weight excluding hydrogens is 306 g/mol. The van der Waals surface area contributed by atoms with Gasteiger partial charge in [0.1, 0.15) is 0 Å².